The molecule has 1 amide bonds. The second-order valence-electron chi connectivity index (χ2n) is 6.74. The van der Waals surface area contributed by atoms with E-state index >= 15 is 0 Å². The zero-order valence-corrected chi connectivity index (χ0v) is 15.2. The molecule has 0 fully saturated rings. The number of hydrogen-bond donors (Lipinski definition) is 1. The van der Waals surface area contributed by atoms with Crippen LogP contribution in [-0.4, -0.2) is 22.7 Å². The van der Waals surface area contributed by atoms with E-state index in [0.29, 0.717) is 34.7 Å². The molecule has 0 unspecified atom stereocenters. The molecule has 6 nitrogen and oxygen atoms in total. The molecule has 4 aromatic rings. The predicted molar refractivity (Wildman–Crippen MR) is 106 cm³/mol. The Bertz CT molecular complexity index is 1200. The van der Waals surface area contributed by atoms with Crippen molar-refractivity contribution in [1.82, 2.24) is 10.1 Å². The number of nitrogens with zero attached hydrogens (tertiary/aromatic N) is 2. The van der Waals surface area contributed by atoms with Crippen molar-refractivity contribution in [2.24, 2.45) is 0 Å². The molecule has 1 N–H and O–H groups in total. The van der Waals surface area contributed by atoms with Gasteiger partial charge in [0.05, 0.1) is 28.9 Å². The fourth-order valence-electron chi connectivity index (χ4n) is 3.49. The second kappa shape index (κ2) is 6.49. The van der Waals surface area contributed by atoms with Gasteiger partial charge in [-0.2, -0.15) is 0 Å². The average Bonchev–Trinajstić information content (AvgIpc) is 3.34. The third-order valence-electron chi connectivity index (χ3n) is 4.88. The number of ether oxygens (including phenoxy) is 1. The molecule has 3 heterocycles. The second-order valence-corrected chi connectivity index (χ2v) is 6.74. The minimum absolute atomic E-state index is 0.227. The maximum Gasteiger partial charge on any atom is 0.259 e. The lowest BCUT2D eigenvalue weighted by molar-refractivity contribution is 0.102. The summed E-state index contributed by atoms with van der Waals surface area (Å²) in [4.78, 5) is 17.7. The van der Waals surface area contributed by atoms with E-state index in [-0.39, 0.29) is 5.91 Å². The number of aromatic nitrogens is 2. The van der Waals surface area contributed by atoms with Crippen molar-refractivity contribution in [3.05, 3.63) is 71.4 Å². The Morgan fingerprint density at radius 1 is 1.11 bits per heavy atom. The first-order chi connectivity index (χ1) is 13.7. The van der Waals surface area contributed by atoms with Crippen LogP contribution >= 0.6 is 0 Å². The van der Waals surface area contributed by atoms with E-state index in [0.717, 1.165) is 29.0 Å². The van der Waals surface area contributed by atoms with E-state index in [2.05, 4.69) is 15.5 Å². The summed E-state index contributed by atoms with van der Waals surface area (Å²) in [6.45, 7) is 2.48. The van der Waals surface area contributed by atoms with Crippen LogP contribution in [0, 0.1) is 6.92 Å². The van der Waals surface area contributed by atoms with Gasteiger partial charge in [0.15, 0.2) is 0 Å². The van der Waals surface area contributed by atoms with Gasteiger partial charge in [-0.25, -0.2) is 4.98 Å². The molecule has 0 atom stereocenters. The Hall–Kier alpha value is -3.67. The molecule has 28 heavy (non-hydrogen) atoms. The maximum atomic E-state index is 13.1. The molecule has 0 spiro atoms. The highest BCUT2D eigenvalue weighted by Crippen LogP contribution is 2.30. The number of carbonyl (C=O) groups excluding carboxylic acids is 1. The highest BCUT2D eigenvalue weighted by atomic mass is 16.5. The number of fused-ring (bicyclic) bond motifs is 2. The summed E-state index contributed by atoms with van der Waals surface area (Å²) < 4.78 is 10.9. The number of benzene rings is 2. The molecule has 0 radical (unpaired) electrons. The summed E-state index contributed by atoms with van der Waals surface area (Å²) in [5, 5.41) is 7.60. The monoisotopic (exact) mass is 371 g/mol. The minimum atomic E-state index is -0.227. The summed E-state index contributed by atoms with van der Waals surface area (Å²) in [5.74, 6) is 0.653. The third-order valence-corrected chi connectivity index (χ3v) is 4.88. The van der Waals surface area contributed by atoms with Crippen LogP contribution in [0.2, 0.25) is 0 Å². The van der Waals surface area contributed by atoms with Crippen molar-refractivity contribution >= 4 is 22.7 Å². The molecule has 0 bridgehead atoms. The Balaban J connectivity index is 1.57. The lowest BCUT2D eigenvalue weighted by atomic mass is 10.0. The van der Waals surface area contributed by atoms with Crippen LogP contribution in [0.25, 0.3) is 22.4 Å². The number of pyridine rings is 1. The van der Waals surface area contributed by atoms with Gasteiger partial charge in [0.1, 0.15) is 5.75 Å². The number of aryl methyl sites for hydroxylation is 1. The molecule has 1 aliphatic heterocycles. The first-order valence-electron chi connectivity index (χ1n) is 9.08. The quantitative estimate of drug-likeness (QED) is 0.578. The van der Waals surface area contributed by atoms with Gasteiger partial charge in [0.25, 0.3) is 11.6 Å². The molecule has 1 aliphatic rings. The van der Waals surface area contributed by atoms with Crippen LogP contribution in [0.4, 0.5) is 5.69 Å². The standard InChI is InChI=1S/C22H17N3O3/c1-13-20-17(21(26)23-16-7-8-19-15(11-16)9-10-27-19)12-18(24-22(20)28-25-13)14-5-3-2-4-6-14/h2-8,11-12H,9-10H2,1H3,(H,23,26). The van der Waals surface area contributed by atoms with E-state index in [4.69, 9.17) is 9.26 Å². The van der Waals surface area contributed by atoms with E-state index in [1.54, 1.807) is 13.0 Å². The Morgan fingerprint density at radius 2 is 1.96 bits per heavy atom. The molecular weight excluding hydrogens is 354 g/mol. The Kier molecular flexibility index (Phi) is 3.83. The fraction of sp³-hybridized carbons (Fsp3) is 0.136. The number of amides is 1. The molecule has 0 saturated heterocycles. The van der Waals surface area contributed by atoms with Crippen LogP contribution in [0.1, 0.15) is 21.6 Å². The van der Waals surface area contributed by atoms with E-state index in [1.165, 1.54) is 0 Å². The van der Waals surface area contributed by atoms with E-state index in [1.807, 2.05) is 48.5 Å². The number of anilines is 1. The third kappa shape index (κ3) is 2.79. The summed E-state index contributed by atoms with van der Waals surface area (Å²) in [7, 11) is 0. The Morgan fingerprint density at radius 3 is 2.82 bits per heavy atom. The van der Waals surface area contributed by atoms with Gasteiger partial charge in [0, 0.05) is 17.7 Å². The van der Waals surface area contributed by atoms with Crippen LogP contribution in [0.5, 0.6) is 5.75 Å². The summed E-state index contributed by atoms with van der Waals surface area (Å²) in [5.41, 5.74) is 4.87. The minimum Gasteiger partial charge on any atom is -0.493 e. The summed E-state index contributed by atoms with van der Waals surface area (Å²) >= 11 is 0. The Labute approximate surface area is 161 Å². The first kappa shape index (κ1) is 16.5. The number of hydrogen-bond acceptors (Lipinski definition) is 5. The lowest BCUT2D eigenvalue weighted by Crippen LogP contribution is -2.13. The van der Waals surface area contributed by atoms with Crippen molar-refractivity contribution in [2.45, 2.75) is 13.3 Å². The smallest absolute Gasteiger partial charge is 0.259 e. The molecule has 5 rings (SSSR count). The van der Waals surface area contributed by atoms with E-state index in [9.17, 15) is 4.79 Å². The summed E-state index contributed by atoms with van der Waals surface area (Å²) in [6.07, 6.45) is 0.849. The number of nitrogens with one attached hydrogen (secondary N) is 1. The molecule has 0 saturated carbocycles. The molecule has 2 aromatic carbocycles. The molecule has 138 valence electrons. The van der Waals surface area contributed by atoms with Gasteiger partial charge in [-0.15, -0.1) is 0 Å². The van der Waals surface area contributed by atoms with Crippen LogP contribution < -0.4 is 10.1 Å². The zero-order chi connectivity index (χ0) is 19.1. The molecule has 6 heteroatoms. The molecular formula is C22H17N3O3. The number of carbonyl (C=O) groups is 1. The number of rotatable bonds is 3. The van der Waals surface area contributed by atoms with Gasteiger partial charge >= 0.3 is 0 Å². The topological polar surface area (TPSA) is 77.2 Å². The molecule has 2 aromatic heterocycles. The maximum absolute atomic E-state index is 13.1. The fourth-order valence-corrected chi connectivity index (χ4v) is 3.49. The van der Waals surface area contributed by atoms with Gasteiger partial charge in [0.2, 0.25) is 0 Å². The van der Waals surface area contributed by atoms with Crippen molar-refractivity contribution in [1.29, 1.82) is 0 Å². The largest absolute Gasteiger partial charge is 0.493 e. The van der Waals surface area contributed by atoms with Crippen LogP contribution in [0.3, 0.4) is 0 Å². The highest BCUT2D eigenvalue weighted by molar-refractivity contribution is 6.13. The predicted octanol–water partition coefficient (Wildman–Crippen LogP) is 4.39. The van der Waals surface area contributed by atoms with Crippen molar-refractivity contribution in [2.75, 3.05) is 11.9 Å². The lowest BCUT2D eigenvalue weighted by Gasteiger charge is -2.09. The normalized spacial score (nSPS) is 12.6. The summed E-state index contributed by atoms with van der Waals surface area (Å²) in [6, 6.07) is 17.2. The molecule has 0 aliphatic carbocycles. The average molecular weight is 371 g/mol. The van der Waals surface area contributed by atoms with Crippen molar-refractivity contribution in [3.63, 3.8) is 0 Å². The van der Waals surface area contributed by atoms with Crippen molar-refractivity contribution < 1.29 is 14.1 Å². The SMILES string of the molecule is Cc1noc2nc(-c3ccccc3)cc(C(=O)Nc3ccc4c(c3)CCO4)c12. The van der Waals surface area contributed by atoms with Gasteiger partial charge in [-0.1, -0.05) is 35.5 Å². The highest BCUT2D eigenvalue weighted by Gasteiger charge is 2.20. The zero-order valence-electron chi connectivity index (χ0n) is 15.2. The van der Waals surface area contributed by atoms with Crippen LogP contribution in [0.15, 0.2) is 59.1 Å². The van der Waals surface area contributed by atoms with Crippen LogP contribution in [-0.2, 0) is 6.42 Å². The van der Waals surface area contributed by atoms with Gasteiger partial charge in [-0.3, -0.25) is 4.79 Å². The first-order valence-corrected chi connectivity index (χ1v) is 9.08. The van der Waals surface area contributed by atoms with Crippen molar-refractivity contribution in [3.8, 4) is 17.0 Å². The van der Waals surface area contributed by atoms with Gasteiger partial charge in [-0.05, 0) is 36.8 Å². The van der Waals surface area contributed by atoms with E-state index < -0.39 is 0 Å². The van der Waals surface area contributed by atoms with Gasteiger partial charge < -0.3 is 14.6 Å².